The van der Waals surface area contributed by atoms with Crippen LogP contribution in [0.2, 0.25) is 0 Å². The van der Waals surface area contributed by atoms with Crippen LogP contribution < -0.4 is 0 Å². The number of rotatable bonds is 2. The van der Waals surface area contributed by atoms with E-state index in [0.717, 1.165) is 24.0 Å². The summed E-state index contributed by atoms with van der Waals surface area (Å²) < 4.78 is 17.3. The summed E-state index contributed by atoms with van der Waals surface area (Å²) in [5.74, 6) is -0.515. The van der Waals surface area contributed by atoms with E-state index in [2.05, 4.69) is 26.8 Å². The molecule has 0 aromatic carbocycles. The van der Waals surface area contributed by atoms with Gasteiger partial charge in [-0.05, 0) is 54.2 Å². The first-order chi connectivity index (χ1) is 15.8. The molecular formula is C28H34O6. The highest BCUT2D eigenvalue weighted by molar-refractivity contribution is 5.96. The topological polar surface area (TPSA) is 82.8 Å². The average molecular weight is 467 g/mol. The molecule has 0 amide bonds. The third-order valence-electron chi connectivity index (χ3n) is 9.82. The highest BCUT2D eigenvalue weighted by Gasteiger charge is 2.69. The van der Waals surface area contributed by atoms with E-state index < -0.39 is 28.5 Å². The fourth-order valence-corrected chi connectivity index (χ4v) is 8.16. The maximum Gasteiger partial charge on any atom is 0.331 e. The van der Waals surface area contributed by atoms with E-state index in [9.17, 15) is 14.4 Å². The van der Waals surface area contributed by atoms with Crippen molar-refractivity contribution < 1.29 is 28.3 Å². The number of esters is 2. The minimum Gasteiger partial charge on any atom is -0.472 e. The molecule has 182 valence electrons. The second kappa shape index (κ2) is 7.19. The van der Waals surface area contributed by atoms with Crippen LogP contribution in [-0.2, 0) is 23.9 Å². The lowest BCUT2D eigenvalue weighted by Crippen LogP contribution is -2.65. The first kappa shape index (κ1) is 23.1. The maximum atomic E-state index is 12.9. The van der Waals surface area contributed by atoms with Crippen molar-refractivity contribution in [1.82, 2.24) is 0 Å². The molecule has 1 aliphatic heterocycles. The number of furan rings is 1. The molecule has 5 rings (SSSR count). The van der Waals surface area contributed by atoms with Crippen molar-refractivity contribution in [3.63, 3.8) is 0 Å². The molecule has 6 heteroatoms. The summed E-state index contributed by atoms with van der Waals surface area (Å²) in [4.78, 5) is 38.1. The molecule has 0 bridgehead atoms. The standard InChI is InChI=1S/C28H34O6/c1-16(29)33-22-13-19-25(2,3)21(30)8-11-26(19,4)18-7-10-27(5)20(28(18,22)6)14-23(31)34-24(27)17-9-12-32-15-17/h8-9,11-12,14-15,18-19,22,24H,7,10,13H2,1-6H3/t18?,19?,22-,24-,26-,27+,28-/m1/s1. The zero-order valence-corrected chi connectivity index (χ0v) is 20.8. The first-order valence-corrected chi connectivity index (χ1v) is 12.2. The van der Waals surface area contributed by atoms with Gasteiger partial charge in [0.25, 0.3) is 0 Å². The van der Waals surface area contributed by atoms with Gasteiger partial charge in [0.1, 0.15) is 12.2 Å². The van der Waals surface area contributed by atoms with Gasteiger partial charge in [0.05, 0.1) is 12.5 Å². The molecule has 2 saturated carbocycles. The molecule has 0 spiro atoms. The molecule has 4 aliphatic rings. The van der Waals surface area contributed by atoms with E-state index >= 15 is 0 Å². The smallest absolute Gasteiger partial charge is 0.331 e. The predicted molar refractivity (Wildman–Crippen MR) is 124 cm³/mol. The molecule has 2 fully saturated rings. The minimum absolute atomic E-state index is 0.0186. The van der Waals surface area contributed by atoms with Crippen molar-refractivity contribution in [2.24, 2.45) is 33.5 Å². The molecule has 6 nitrogen and oxygen atoms in total. The van der Waals surface area contributed by atoms with E-state index in [1.54, 1.807) is 24.7 Å². The summed E-state index contributed by atoms with van der Waals surface area (Å²) in [5.41, 5.74) is -0.0920. The Morgan fingerprint density at radius 1 is 1.12 bits per heavy atom. The normalized spacial score (nSPS) is 42.6. The molecule has 34 heavy (non-hydrogen) atoms. The van der Waals surface area contributed by atoms with Crippen LogP contribution >= 0.6 is 0 Å². The van der Waals surface area contributed by atoms with E-state index in [1.165, 1.54) is 6.92 Å². The Kier molecular flexibility index (Phi) is 4.89. The van der Waals surface area contributed by atoms with Gasteiger partial charge in [-0.1, -0.05) is 40.7 Å². The third-order valence-corrected chi connectivity index (χ3v) is 9.82. The largest absolute Gasteiger partial charge is 0.472 e. The highest BCUT2D eigenvalue weighted by atomic mass is 16.6. The number of ether oxygens (including phenoxy) is 2. The van der Waals surface area contributed by atoms with Crippen LogP contribution in [0.5, 0.6) is 0 Å². The first-order valence-electron chi connectivity index (χ1n) is 12.2. The number of carbonyl (C=O) groups excluding carboxylic acids is 3. The Morgan fingerprint density at radius 2 is 1.85 bits per heavy atom. The summed E-state index contributed by atoms with van der Waals surface area (Å²) in [7, 11) is 0. The summed E-state index contributed by atoms with van der Waals surface area (Å²) in [6.07, 6.45) is 10.0. The molecule has 1 aromatic heterocycles. The monoisotopic (exact) mass is 466 g/mol. The molecule has 7 atom stereocenters. The lowest BCUT2D eigenvalue weighted by Gasteiger charge is -2.67. The van der Waals surface area contributed by atoms with Gasteiger partial charge >= 0.3 is 11.9 Å². The highest BCUT2D eigenvalue weighted by Crippen LogP contribution is 2.71. The van der Waals surface area contributed by atoms with Gasteiger partial charge in [0.2, 0.25) is 0 Å². The minimum atomic E-state index is -0.591. The van der Waals surface area contributed by atoms with Crippen molar-refractivity contribution in [3.8, 4) is 0 Å². The molecule has 0 N–H and O–H groups in total. The van der Waals surface area contributed by atoms with E-state index in [-0.39, 0.29) is 35.0 Å². The molecule has 0 radical (unpaired) electrons. The zero-order valence-electron chi connectivity index (χ0n) is 20.8. The maximum absolute atomic E-state index is 12.9. The number of ketones is 1. The second-order valence-electron chi connectivity index (χ2n) is 11.9. The van der Waals surface area contributed by atoms with Crippen LogP contribution in [-0.4, -0.2) is 23.8 Å². The fourth-order valence-electron chi connectivity index (χ4n) is 8.16. The van der Waals surface area contributed by atoms with E-state index in [1.807, 2.05) is 19.9 Å². The van der Waals surface area contributed by atoms with Crippen molar-refractivity contribution in [1.29, 1.82) is 0 Å². The van der Waals surface area contributed by atoms with E-state index in [4.69, 9.17) is 13.9 Å². The fraction of sp³-hybridized carbons (Fsp3) is 0.607. The Morgan fingerprint density at radius 3 is 2.50 bits per heavy atom. The number of hydrogen-bond donors (Lipinski definition) is 0. The number of carbonyl (C=O) groups is 3. The Balaban J connectivity index is 1.70. The quantitative estimate of drug-likeness (QED) is 0.547. The van der Waals surface area contributed by atoms with Crippen molar-refractivity contribution >= 4 is 17.7 Å². The molecule has 0 saturated heterocycles. The zero-order chi connectivity index (χ0) is 24.7. The van der Waals surface area contributed by atoms with E-state index in [0.29, 0.717) is 6.42 Å². The third kappa shape index (κ3) is 2.89. The van der Waals surface area contributed by atoms with Crippen LogP contribution in [0.15, 0.2) is 46.8 Å². The Bertz CT molecular complexity index is 1110. The van der Waals surface area contributed by atoms with Crippen LogP contribution in [0, 0.1) is 33.5 Å². The number of cyclic esters (lactones) is 1. The molecule has 2 heterocycles. The molecule has 3 aliphatic carbocycles. The predicted octanol–water partition coefficient (Wildman–Crippen LogP) is 5.35. The molecule has 1 aromatic rings. The van der Waals surface area contributed by atoms with Gasteiger partial charge in [-0.25, -0.2) is 4.79 Å². The van der Waals surface area contributed by atoms with Crippen molar-refractivity contribution in [2.75, 3.05) is 0 Å². The van der Waals surface area contributed by atoms with Gasteiger partial charge in [-0.15, -0.1) is 0 Å². The van der Waals surface area contributed by atoms with Crippen LogP contribution in [0.25, 0.3) is 0 Å². The van der Waals surface area contributed by atoms with Crippen LogP contribution in [0.3, 0.4) is 0 Å². The van der Waals surface area contributed by atoms with Crippen LogP contribution in [0.4, 0.5) is 0 Å². The summed E-state index contributed by atoms with van der Waals surface area (Å²) in [6.45, 7) is 12.0. The number of hydrogen-bond acceptors (Lipinski definition) is 6. The Labute approximate surface area is 200 Å². The summed E-state index contributed by atoms with van der Waals surface area (Å²) >= 11 is 0. The van der Waals surface area contributed by atoms with Crippen molar-refractivity contribution in [2.45, 2.75) is 73.0 Å². The molecular weight excluding hydrogens is 432 g/mol. The average Bonchev–Trinajstić information content (AvgIpc) is 3.28. The Hall–Kier alpha value is -2.63. The van der Waals surface area contributed by atoms with Gasteiger partial charge in [-0.2, -0.15) is 0 Å². The lowest BCUT2D eigenvalue weighted by atomic mass is 9.38. The van der Waals surface area contributed by atoms with Crippen LogP contribution in [0.1, 0.15) is 72.5 Å². The summed E-state index contributed by atoms with van der Waals surface area (Å²) in [6, 6.07) is 1.85. The van der Waals surface area contributed by atoms with Gasteiger partial charge in [0, 0.05) is 34.8 Å². The number of allylic oxidation sites excluding steroid dienone is 2. The number of fused-ring (bicyclic) bond motifs is 5. The van der Waals surface area contributed by atoms with Gasteiger partial charge in [-0.3, -0.25) is 9.59 Å². The second-order valence-corrected chi connectivity index (χ2v) is 11.9. The SMILES string of the molecule is CC(=O)O[C@@H]1CC2C(C)(C)C(=O)C=C[C@]2(C)C2CC[C@@]3(C)C(=CC(=O)O[C@@H]3c3ccoc3)[C@@]21C. The lowest BCUT2D eigenvalue weighted by molar-refractivity contribution is -0.195. The van der Waals surface area contributed by atoms with Crippen molar-refractivity contribution in [3.05, 3.63) is 48.0 Å². The summed E-state index contributed by atoms with van der Waals surface area (Å²) in [5, 5.41) is 0. The van der Waals surface area contributed by atoms with Gasteiger partial charge < -0.3 is 13.9 Å². The van der Waals surface area contributed by atoms with Gasteiger partial charge in [0.15, 0.2) is 5.78 Å². The molecule has 2 unspecified atom stereocenters.